The van der Waals surface area contributed by atoms with Gasteiger partial charge in [0.05, 0.1) is 6.10 Å². The number of hydrogen-bond acceptors (Lipinski definition) is 3. The van der Waals surface area contributed by atoms with Gasteiger partial charge in [-0.3, -0.25) is 0 Å². The maximum absolute atomic E-state index is 5.82. The molecule has 0 radical (unpaired) electrons. The van der Waals surface area contributed by atoms with Crippen LogP contribution in [-0.4, -0.2) is 39.0 Å². The number of ether oxygens (including phenoxy) is 2. The summed E-state index contributed by atoms with van der Waals surface area (Å²) in [5.74, 6) is 0. The standard InChI is InChI=1S/C12H25NO2/c1-3-5-12(10-13-11-6-7-11)15-9-4-8-14-2/h11-13H,3-10H2,1-2H3. The summed E-state index contributed by atoms with van der Waals surface area (Å²) < 4.78 is 10.8. The monoisotopic (exact) mass is 215 g/mol. The summed E-state index contributed by atoms with van der Waals surface area (Å²) in [6.45, 7) is 4.86. The summed E-state index contributed by atoms with van der Waals surface area (Å²) in [5.41, 5.74) is 0. The molecule has 0 aromatic heterocycles. The quantitative estimate of drug-likeness (QED) is 0.565. The van der Waals surface area contributed by atoms with Crippen LogP contribution >= 0.6 is 0 Å². The van der Waals surface area contributed by atoms with Crippen LogP contribution in [0.4, 0.5) is 0 Å². The average Bonchev–Trinajstić information content (AvgIpc) is 3.04. The van der Waals surface area contributed by atoms with E-state index >= 15 is 0 Å². The lowest BCUT2D eigenvalue weighted by Crippen LogP contribution is -2.31. The number of hydrogen-bond donors (Lipinski definition) is 1. The van der Waals surface area contributed by atoms with Crippen LogP contribution in [0.3, 0.4) is 0 Å². The summed E-state index contributed by atoms with van der Waals surface area (Å²) >= 11 is 0. The lowest BCUT2D eigenvalue weighted by molar-refractivity contribution is 0.0342. The summed E-state index contributed by atoms with van der Waals surface area (Å²) in [6.07, 6.45) is 6.45. The Morgan fingerprint density at radius 1 is 1.33 bits per heavy atom. The third kappa shape index (κ3) is 6.88. The van der Waals surface area contributed by atoms with E-state index in [4.69, 9.17) is 9.47 Å². The van der Waals surface area contributed by atoms with Gasteiger partial charge in [0.1, 0.15) is 0 Å². The second kappa shape index (κ2) is 8.08. The third-order valence-corrected chi connectivity index (χ3v) is 2.67. The topological polar surface area (TPSA) is 30.5 Å². The molecule has 0 aliphatic heterocycles. The van der Waals surface area contributed by atoms with E-state index in [0.29, 0.717) is 6.10 Å². The van der Waals surface area contributed by atoms with Crippen LogP contribution in [0.2, 0.25) is 0 Å². The van der Waals surface area contributed by atoms with Crippen molar-refractivity contribution in [2.45, 2.75) is 51.2 Å². The second-order valence-corrected chi connectivity index (χ2v) is 4.31. The number of nitrogens with one attached hydrogen (secondary N) is 1. The van der Waals surface area contributed by atoms with Gasteiger partial charge >= 0.3 is 0 Å². The molecule has 1 N–H and O–H groups in total. The van der Waals surface area contributed by atoms with Crippen LogP contribution in [-0.2, 0) is 9.47 Å². The fourth-order valence-electron chi connectivity index (χ4n) is 1.61. The minimum atomic E-state index is 0.396. The molecule has 1 aliphatic rings. The predicted molar refractivity (Wildman–Crippen MR) is 62.2 cm³/mol. The first-order valence-corrected chi connectivity index (χ1v) is 6.20. The summed E-state index contributed by atoms with van der Waals surface area (Å²) in [4.78, 5) is 0. The minimum Gasteiger partial charge on any atom is -0.385 e. The molecule has 1 rings (SSSR count). The summed E-state index contributed by atoms with van der Waals surface area (Å²) in [6, 6.07) is 0.784. The molecule has 1 atom stereocenters. The van der Waals surface area contributed by atoms with E-state index in [1.54, 1.807) is 7.11 Å². The van der Waals surface area contributed by atoms with Crippen molar-refractivity contribution in [2.75, 3.05) is 26.9 Å². The Kier molecular flexibility index (Phi) is 6.98. The van der Waals surface area contributed by atoms with Gasteiger partial charge in [0.15, 0.2) is 0 Å². The Balaban J connectivity index is 1.99. The zero-order chi connectivity index (χ0) is 10.9. The van der Waals surface area contributed by atoms with Crippen LogP contribution in [0, 0.1) is 0 Å². The Morgan fingerprint density at radius 3 is 2.73 bits per heavy atom. The maximum Gasteiger partial charge on any atom is 0.0699 e. The number of methoxy groups -OCH3 is 1. The van der Waals surface area contributed by atoms with Crippen molar-refractivity contribution >= 4 is 0 Å². The van der Waals surface area contributed by atoms with Crippen LogP contribution in [0.1, 0.15) is 39.0 Å². The smallest absolute Gasteiger partial charge is 0.0699 e. The van der Waals surface area contributed by atoms with Gasteiger partial charge in [-0.1, -0.05) is 13.3 Å². The van der Waals surface area contributed by atoms with Crippen molar-refractivity contribution < 1.29 is 9.47 Å². The van der Waals surface area contributed by atoms with Gasteiger partial charge in [-0.25, -0.2) is 0 Å². The van der Waals surface area contributed by atoms with Crippen molar-refractivity contribution in [3.05, 3.63) is 0 Å². The van der Waals surface area contributed by atoms with Gasteiger partial charge in [-0.2, -0.15) is 0 Å². The van der Waals surface area contributed by atoms with Crippen molar-refractivity contribution in [1.29, 1.82) is 0 Å². The van der Waals surface area contributed by atoms with Gasteiger partial charge in [-0.05, 0) is 25.7 Å². The SMILES string of the molecule is CCCC(CNC1CC1)OCCCOC. The molecule has 0 spiro atoms. The van der Waals surface area contributed by atoms with Gasteiger partial charge in [0.2, 0.25) is 0 Å². The Labute approximate surface area is 93.5 Å². The van der Waals surface area contributed by atoms with Crippen LogP contribution in [0.5, 0.6) is 0 Å². The molecule has 15 heavy (non-hydrogen) atoms. The van der Waals surface area contributed by atoms with Crippen LogP contribution < -0.4 is 5.32 Å². The molecule has 1 unspecified atom stereocenters. The van der Waals surface area contributed by atoms with E-state index in [1.807, 2.05) is 0 Å². The molecule has 0 aromatic rings. The Hall–Kier alpha value is -0.120. The molecule has 1 fully saturated rings. The zero-order valence-electron chi connectivity index (χ0n) is 10.1. The molecule has 3 nitrogen and oxygen atoms in total. The zero-order valence-corrected chi connectivity index (χ0v) is 10.1. The fraction of sp³-hybridized carbons (Fsp3) is 1.00. The normalized spacial score (nSPS) is 18.0. The predicted octanol–water partition coefficient (Wildman–Crippen LogP) is 1.96. The second-order valence-electron chi connectivity index (χ2n) is 4.31. The van der Waals surface area contributed by atoms with E-state index in [9.17, 15) is 0 Å². The van der Waals surface area contributed by atoms with Crippen molar-refractivity contribution in [3.63, 3.8) is 0 Å². The number of rotatable bonds is 10. The fourth-order valence-corrected chi connectivity index (χ4v) is 1.61. The highest BCUT2D eigenvalue weighted by atomic mass is 16.5. The van der Waals surface area contributed by atoms with Gasteiger partial charge in [0.25, 0.3) is 0 Å². The lowest BCUT2D eigenvalue weighted by atomic mass is 10.2. The summed E-state index contributed by atoms with van der Waals surface area (Å²) in [7, 11) is 1.73. The molecule has 0 saturated heterocycles. The molecular formula is C12H25NO2. The van der Waals surface area contributed by atoms with E-state index in [0.717, 1.165) is 38.6 Å². The van der Waals surface area contributed by atoms with E-state index < -0.39 is 0 Å². The van der Waals surface area contributed by atoms with Gasteiger partial charge < -0.3 is 14.8 Å². The molecular weight excluding hydrogens is 190 g/mol. The molecule has 0 bridgehead atoms. The highest BCUT2D eigenvalue weighted by Crippen LogP contribution is 2.18. The van der Waals surface area contributed by atoms with Crippen molar-refractivity contribution in [2.24, 2.45) is 0 Å². The van der Waals surface area contributed by atoms with Crippen molar-refractivity contribution in [1.82, 2.24) is 5.32 Å². The lowest BCUT2D eigenvalue weighted by Gasteiger charge is -2.17. The highest BCUT2D eigenvalue weighted by Gasteiger charge is 2.21. The maximum atomic E-state index is 5.82. The van der Waals surface area contributed by atoms with E-state index in [1.165, 1.54) is 19.3 Å². The molecule has 1 saturated carbocycles. The van der Waals surface area contributed by atoms with E-state index in [2.05, 4.69) is 12.2 Å². The first-order chi connectivity index (χ1) is 7.36. The van der Waals surface area contributed by atoms with Gasteiger partial charge in [-0.15, -0.1) is 0 Å². The molecule has 0 amide bonds. The molecule has 3 heteroatoms. The first-order valence-electron chi connectivity index (χ1n) is 6.20. The molecule has 0 aromatic carbocycles. The van der Waals surface area contributed by atoms with Gasteiger partial charge in [0, 0.05) is 32.9 Å². The van der Waals surface area contributed by atoms with Crippen molar-refractivity contribution in [3.8, 4) is 0 Å². The van der Waals surface area contributed by atoms with Crippen LogP contribution in [0.15, 0.2) is 0 Å². The minimum absolute atomic E-state index is 0.396. The molecule has 0 heterocycles. The largest absolute Gasteiger partial charge is 0.385 e. The summed E-state index contributed by atoms with van der Waals surface area (Å²) in [5, 5.41) is 3.53. The molecule has 90 valence electrons. The Bertz CT molecular complexity index is 149. The van der Waals surface area contributed by atoms with Crippen LogP contribution in [0.25, 0.3) is 0 Å². The highest BCUT2D eigenvalue weighted by molar-refractivity contribution is 4.82. The Morgan fingerprint density at radius 2 is 2.13 bits per heavy atom. The van der Waals surface area contributed by atoms with E-state index in [-0.39, 0.29) is 0 Å². The average molecular weight is 215 g/mol. The third-order valence-electron chi connectivity index (χ3n) is 2.67. The molecule has 1 aliphatic carbocycles. The first kappa shape index (κ1) is 12.9.